The Hall–Kier alpha value is -0.440. The molecule has 3 rings (SSSR count). The topological polar surface area (TPSA) is 12.5 Å². The Bertz CT molecular complexity index is 534. The maximum Gasteiger partial charge on any atom is 0.120 e. The smallest absolute Gasteiger partial charge is 0.120 e. The summed E-state index contributed by atoms with van der Waals surface area (Å²) in [7, 11) is 2.28. The molecule has 2 nitrogen and oxygen atoms in total. The highest BCUT2D eigenvalue weighted by atomic mass is 35.5. The van der Waals surface area contributed by atoms with E-state index in [2.05, 4.69) is 25.8 Å². The molecule has 2 aliphatic rings. The number of nitrogens with zero attached hydrogens (tertiary/aromatic N) is 1. The van der Waals surface area contributed by atoms with E-state index in [1.165, 1.54) is 19.3 Å². The first-order chi connectivity index (χ1) is 10.5. The lowest BCUT2D eigenvalue weighted by molar-refractivity contribution is 0.0182. The minimum atomic E-state index is 0.557. The van der Waals surface area contributed by atoms with Crippen LogP contribution in [0.3, 0.4) is 0 Å². The molecule has 0 radical (unpaired) electrons. The van der Waals surface area contributed by atoms with Gasteiger partial charge in [-0.2, -0.15) is 0 Å². The molecule has 0 aliphatic carbocycles. The Labute approximate surface area is 143 Å². The van der Waals surface area contributed by atoms with Gasteiger partial charge in [-0.05, 0) is 50.3 Å². The zero-order valence-corrected chi connectivity index (χ0v) is 15.1. The van der Waals surface area contributed by atoms with Gasteiger partial charge in [-0.1, -0.05) is 37.0 Å². The number of fused-ring (bicyclic) bond motifs is 2. The van der Waals surface area contributed by atoms with Crippen molar-refractivity contribution in [3.63, 3.8) is 0 Å². The summed E-state index contributed by atoms with van der Waals surface area (Å²) < 4.78 is 6.09. The lowest BCUT2D eigenvalue weighted by atomic mass is 9.74. The van der Waals surface area contributed by atoms with E-state index in [-0.39, 0.29) is 0 Å². The van der Waals surface area contributed by atoms with E-state index in [1.807, 2.05) is 12.1 Å². The van der Waals surface area contributed by atoms with Gasteiger partial charge in [-0.3, -0.25) is 0 Å². The van der Waals surface area contributed by atoms with Crippen LogP contribution in [0.25, 0.3) is 0 Å². The van der Waals surface area contributed by atoms with Crippen LogP contribution in [0.2, 0.25) is 10.0 Å². The first-order valence-corrected chi connectivity index (χ1v) is 9.02. The quantitative estimate of drug-likeness (QED) is 0.752. The second-order valence-electron chi connectivity index (χ2n) is 7.16. The summed E-state index contributed by atoms with van der Waals surface area (Å²) in [4.78, 5) is 2.59. The summed E-state index contributed by atoms with van der Waals surface area (Å²) in [6.45, 7) is 5.46. The van der Waals surface area contributed by atoms with E-state index < -0.39 is 0 Å². The van der Waals surface area contributed by atoms with E-state index in [0.717, 1.165) is 24.3 Å². The van der Waals surface area contributed by atoms with Crippen LogP contribution in [0.15, 0.2) is 18.2 Å². The Morgan fingerprint density at radius 1 is 1.23 bits per heavy atom. The number of hydrogen-bond acceptors (Lipinski definition) is 2. The molecular weight excluding hydrogens is 317 g/mol. The van der Waals surface area contributed by atoms with Gasteiger partial charge < -0.3 is 9.64 Å². The summed E-state index contributed by atoms with van der Waals surface area (Å²) in [5.41, 5.74) is 0. The molecule has 2 aliphatic heterocycles. The minimum absolute atomic E-state index is 0.557. The molecule has 1 aromatic rings. The van der Waals surface area contributed by atoms with Crippen LogP contribution >= 0.6 is 23.2 Å². The van der Waals surface area contributed by atoms with Crippen molar-refractivity contribution in [3.8, 4) is 5.75 Å². The third kappa shape index (κ3) is 3.11. The van der Waals surface area contributed by atoms with E-state index in [9.17, 15) is 0 Å². The standard InChI is InChI=1S/C18H25Cl2NO/c1-11(2)14-8-12-4-7-18(21(12)3)15(14)10-22-13-5-6-16(19)17(20)9-13/h5-6,9,11-12,14-15,18H,4,7-8,10H2,1-3H3. The number of halogens is 2. The molecule has 4 unspecified atom stereocenters. The number of rotatable bonds is 4. The van der Waals surface area contributed by atoms with Crippen molar-refractivity contribution in [3.05, 3.63) is 28.2 Å². The average molecular weight is 342 g/mol. The van der Waals surface area contributed by atoms with Crippen LogP contribution in [-0.4, -0.2) is 30.6 Å². The molecular formula is C18H25Cl2NO. The largest absolute Gasteiger partial charge is 0.493 e. The molecule has 2 bridgehead atoms. The van der Waals surface area contributed by atoms with Gasteiger partial charge in [0.1, 0.15) is 5.75 Å². The van der Waals surface area contributed by atoms with Gasteiger partial charge >= 0.3 is 0 Å². The van der Waals surface area contributed by atoms with Gasteiger partial charge in [0, 0.05) is 24.1 Å². The first kappa shape index (κ1) is 16.4. The number of benzene rings is 1. The zero-order valence-electron chi connectivity index (χ0n) is 13.6. The molecule has 1 aromatic carbocycles. The molecule has 0 N–H and O–H groups in total. The molecule has 2 saturated heterocycles. The molecule has 2 heterocycles. The Balaban J connectivity index is 1.72. The summed E-state index contributed by atoms with van der Waals surface area (Å²) in [5.74, 6) is 2.87. The second-order valence-corrected chi connectivity index (χ2v) is 7.97. The van der Waals surface area contributed by atoms with E-state index in [0.29, 0.717) is 27.9 Å². The van der Waals surface area contributed by atoms with E-state index >= 15 is 0 Å². The number of hydrogen-bond donors (Lipinski definition) is 0. The minimum Gasteiger partial charge on any atom is -0.493 e. The van der Waals surface area contributed by atoms with Gasteiger partial charge in [0.05, 0.1) is 16.7 Å². The molecule has 0 saturated carbocycles. The maximum absolute atomic E-state index is 6.09. The fourth-order valence-electron chi connectivity index (χ4n) is 4.38. The molecule has 22 heavy (non-hydrogen) atoms. The molecule has 0 aromatic heterocycles. The SMILES string of the molecule is CC(C)C1CC2CCC(C1COc1ccc(Cl)c(Cl)c1)N2C. The van der Waals surface area contributed by atoms with Gasteiger partial charge in [0.2, 0.25) is 0 Å². The highest BCUT2D eigenvalue weighted by Gasteiger charge is 2.46. The van der Waals surface area contributed by atoms with Crippen molar-refractivity contribution in [2.24, 2.45) is 17.8 Å². The average Bonchev–Trinajstić information content (AvgIpc) is 2.72. The Morgan fingerprint density at radius 3 is 2.68 bits per heavy atom. The molecule has 0 spiro atoms. The van der Waals surface area contributed by atoms with Crippen LogP contribution in [0.4, 0.5) is 0 Å². The second kappa shape index (κ2) is 6.59. The van der Waals surface area contributed by atoms with Crippen LogP contribution in [0.5, 0.6) is 5.75 Å². The fraction of sp³-hybridized carbons (Fsp3) is 0.667. The highest BCUT2D eigenvalue weighted by Crippen LogP contribution is 2.44. The van der Waals surface area contributed by atoms with Crippen LogP contribution in [0.1, 0.15) is 33.1 Å². The third-order valence-electron chi connectivity index (χ3n) is 5.67. The number of piperidine rings is 1. The summed E-state index contributed by atoms with van der Waals surface area (Å²) >= 11 is 12.1. The van der Waals surface area contributed by atoms with Gasteiger partial charge in [0.25, 0.3) is 0 Å². The van der Waals surface area contributed by atoms with Crippen molar-refractivity contribution >= 4 is 23.2 Å². The summed E-state index contributed by atoms with van der Waals surface area (Å²) in [6, 6.07) is 6.96. The van der Waals surface area contributed by atoms with Gasteiger partial charge in [-0.25, -0.2) is 0 Å². The summed E-state index contributed by atoms with van der Waals surface area (Å²) in [6.07, 6.45) is 3.95. The monoisotopic (exact) mass is 341 g/mol. The fourth-order valence-corrected chi connectivity index (χ4v) is 4.66. The van der Waals surface area contributed by atoms with Crippen molar-refractivity contribution in [1.82, 2.24) is 4.90 Å². The molecule has 4 heteroatoms. The third-order valence-corrected chi connectivity index (χ3v) is 6.41. The lowest BCUT2D eigenvalue weighted by Crippen LogP contribution is -2.49. The van der Waals surface area contributed by atoms with Crippen molar-refractivity contribution in [1.29, 1.82) is 0 Å². The lowest BCUT2D eigenvalue weighted by Gasteiger charge is -2.44. The Kier molecular flexibility index (Phi) is 4.92. The molecule has 0 amide bonds. The van der Waals surface area contributed by atoms with Crippen molar-refractivity contribution in [2.45, 2.75) is 45.2 Å². The molecule has 4 atom stereocenters. The van der Waals surface area contributed by atoms with E-state index in [4.69, 9.17) is 27.9 Å². The molecule has 2 fully saturated rings. The van der Waals surface area contributed by atoms with Crippen LogP contribution in [0, 0.1) is 17.8 Å². The first-order valence-electron chi connectivity index (χ1n) is 8.27. The van der Waals surface area contributed by atoms with Gasteiger partial charge in [0.15, 0.2) is 0 Å². The van der Waals surface area contributed by atoms with Crippen molar-refractivity contribution < 1.29 is 4.74 Å². The Morgan fingerprint density at radius 2 is 2.00 bits per heavy atom. The number of ether oxygens (including phenoxy) is 1. The zero-order chi connectivity index (χ0) is 15.9. The maximum atomic E-state index is 6.09. The van der Waals surface area contributed by atoms with Gasteiger partial charge in [-0.15, -0.1) is 0 Å². The van der Waals surface area contributed by atoms with E-state index in [1.54, 1.807) is 6.07 Å². The summed E-state index contributed by atoms with van der Waals surface area (Å²) in [5, 5.41) is 1.13. The predicted molar refractivity (Wildman–Crippen MR) is 93.0 cm³/mol. The normalized spacial score (nSPS) is 31.7. The predicted octanol–water partition coefficient (Wildman–Crippen LogP) is 5.13. The highest BCUT2D eigenvalue weighted by molar-refractivity contribution is 6.42. The van der Waals surface area contributed by atoms with Crippen molar-refractivity contribution in [2.75, 3.05) is 13.7 Å². The molecule has 122 valence electrons. The van der Waals surface area contributed by atoms with Crippen LogP contribution in [-0.2, 0) is 0 Å². The van der Waals surface area contributed by atoms with Crippen LogP contribution < -0.4 is 4.74 Å².